The molecule has 0 radical (unpaired) electrons. The molecule has 2 aliphatic heterocycles. The number of carboxylic acids is 1. The van der Waals surface area contributed by atoms with Crippen molar-refractivity contribution in [3.05, 3.63) is 82.4 Å². The number of aliphatic carboxylic acids is 1. The number of hydrogen-bond acceptors (Lipinski definition) is 10. The molecule has 274 valence electrons. The molecule has 0 aromatic heterocycles. The number of benzene rings is 3. The Morgan fingerprint density at radius 3 is 1.75 bits per heavy atom. The van der Waals surface area contributed by atoms with E-state index in [1.807, 2.05) is 34.3 Å². The van der Waals surface area contributed by atoms with E-state index in [2.05, 4.69) is 64.6 Å². The Hall–Kier alpha value is -4.27. The van der Waals surface area contributed by atoms with Gasteiger partial charge in [0.25, 0.3) is 5.91 Å². The van der Waals surface area contributed by atoms with Gasteiger partial charge in [0.15, 0.2) is 5.60 Å². The molecule has 0 unspecified atom stereocenters. The minimum Gasteiger partial charge on any atom is -0.481 e. The molecule has 0 bridgehead atoms. The summed E-state index contributed by atoms with van der Waals surface area (Å²) in [7, 11) is 5.81. The molecule has 0 saturated carbocycles. The fourth-order valence-electron chi connectivity index (χ4n) is 6.62. The van der Waals surface area contributed by atoms with Gasteiger partial charge in [-0.05, 0) is 52.8 Å². The Morgan fingerprint density at radius 2 is 1.24 bits per heavy atom. The molecule has 51 heavy (non-hydrogen) atoms. The summed E-state index contributed by atoms with van der Waals surface area (Å²) in [6, 6.07) is 18.0. The summed E-state index contributed by atoms with van der Waals surface area (Å²) in [4.78, 5) is 41.6. The number of carbonyl (C=O) groups excluding carboxylic acids is 2. The lowest BCUT2D eigenvalue weighted by Gasteiger charge is -2.44. The van der Waals surface area contributed by atoms with Crippen LogP contribution in [0.25, 0.3) is 0 Å². The number of nitrogens with zero attached hydrogens (tertiary/aromatic N) is 2. The summed E-state index contributed by atoms with van der Waals surface area (Å²) in [6.07, 6.45) is -0.0275. The number of rotatable bonds is 18. The van der Waals surface area contributed by atoms with Crippen LogP contribution in [0.2, 0.25) is 13.1 Å². The fraction of sp³-hybridized carbons (Fsp3) is 0.447. The van der Waals surface area contributed by atoms with Crippen molar-refractivity contribution >= 4 is 47.7 Å². The molecule has 1 amide bonds. The zero-order valence-corrected chi connectivity index (χ0v) is 31.4. The van der Waals surface area contributed by atoms with Gasteiger partial charge in [0.2, 0.25) is 0 Å². The number of hydrogen-bond donors (Lipinski definition) is 2. The van der Waals surface area contributed by atoms with Crippen molar-refractivity contribution in [1.29, 1.82) is 0 Å². The highest BCUT2D eigenvalue weighted by Gasteiger charge is 2.56. The normalized spacial score (nSPS) is 14.7. The second-order valence-electron chi connectivity index (χ2n) is 13.6. The van der Waals surface area contributed by atoms with Gasteiger partial charge in [-0.15, -0.1) is 0 Å². The maximum Gasteiger partial charge on any atom is 0.340 e. The molecule has 0 atom stereocenters. The van der Waals surface area contributed by atoms with Crippen LogP contribution in [0.3, 0.4) is 0 Å². The average Bonchev–Trinajstić information content (AvgIpc) is 3.40. The first-order valence-corrected chi connectivity index (χ1v) is 20.2. The molecule has 1 spiro atoms. The maximum atomic E-state index is 13.6. The monoisotopic (exact) mass is 719 g/mol. The van der Waals surface area contributed by atoms with E-state index >= 15 is 0 Å². The van der Waals surface area contributed by atoms with Crippen LogP contribution in [0.4, 0.5) is 11.4 Å². The fourth-order valence-corrected chi connectivity index (χ4v) is 9.80. The lowest BCUT2D eigenvalue weighted by atomic mass is 9.78. The largest absolute Gasteiger partial charge is 0.481 e. The van der Waals surface area contributed by atoms with Gasteiger partial charge < -0.3 is 43.9 Å². The van der Waals surface area contributed by atoms with Crippen molar-refractivity contribution in [2.45, 2.75) is 25.1 Å². The molecule has 5 rings (SSSR count). The predicted molar refractivity (Wildman–Crippen MR) is 198 cm³/mol. The molecule has 0 saturated heterocycles. The lowest BCUT2D eigenvalue weighted by Crippen LogP contribution is -2.63. The molecule has 0 fully saturated rings. The third-order valence-corrected chi connectivity index (χ3v) is 12.9. The number of esters is 1. The van der Waals surface area contributed by atoms with E-state index in [-0.39, 0.29) is 18.9 Å². The van der Waals surface area contributed by atoms with Crippen molar-refractivity contribution in [3.63, 3.8) is 0 Å². The molecular weight excluding hydrogens is 671 g/mol. The van der Waals surface area contributed by atoms with Gasteiger partial charge in [-0.3, -0.25) is 9.59 Å². The molecule has 3 aromatic carbocycles. The molecule has 3 aromatic rings. The second kappa shape index (κ2) is 16.4. The van der Waals surface area contributed by atoms with Gasteiger partial charge in [-0.2, -0.15) is 0 Å². The van der Waals surface area contributed by atoms with Crippen LogP contribution >= 0.6 is 0 Å². The minimum atomic E-state index is -2.28. The van der Waals surface area contributed by atoms with Gasteiger partial charge >= 0.3 is 11.9 Å². The van der Waals surface area contributed by atoms with Crippen molar-refractivity contribution < 1.29 is 43.2 Å². The number of carbonyl (C=O) groups is 3. The Labute approximate surface area is 300 Å². The first-order chi connectivity index (χ1) is 24.4. The van der Waals surface area contributed by atoms with Gasteiger partial charge in [0.05, 0.1) is 64.8 Å². The molecule has 12 nitrogen and oxygen atoms in total. The summed E-state index contributed by atoms with van der Waals surface area (Å²) in [6.45, 7) is 7.67. The Morgan fingerprint density at radius 1 is 0.725 bits per heavy atom. The molecular formula is C38H49N3O9Si. The van der Waals surface area contributed by atoms with Crippen molar-refractivity contribution in [2.75, 3.05) is 97.4 Å². The minimum absolute atomic E-state index is 0.0275. The smallest absolute Gasteiger partial charge is 0.340 e. The molecule has 2 heterocycles. The number of fused-ring (bicyclic) bond motifs is 6. The predicted octanol–water partition coefficient (Wildman–Crippen LogP) is 2.69. The quantitative estimate of drug-likeness (QED) is 0.114. The Kier molecular flexibility index (Phi) is 12.2. The van der Waals surface area contributed by atoms with Crippen LogP contribution < -0.4 is 25.5 Å². The van der Waals surface area contributed by atoms with Crippen LogP contribution in [0, 0.1) is 0 Å². The third-order valence-electron chi connectivity index (χ3n) is 9.38. The molecule has 0 aliphatic carbocycles. The van der Waals surface area contributed by atoms with Crippen LogP contribution in [-0.4, -0.2) is 119 Å². The highest BCUT2D eigenvalue weighted by Crippen LogP contribution is 2.49. The van der Waals surface area contributed by atoms with E-state index in [0.29, 0.717) is 69.5 Å². The highest BCUT2D eigenvalue weighted by atomic mass is 28.3. The standard InChI is InChI=1S/C38H49N3O9Si/c1-40(2)27-8-11-30-33(24-27)51(5,6)34-25-28(41(3)4)9-12-31(34)38(30)32-23-26(7-10-29(32)37(45)50-38)36(44)39-14-16-47-18-20-49-22-21-48-19-17-46-15-13-35(42)43/h7-12,23-25H,13-22H2,1-6H3,(H,39,44)(H,42,43). The van der Waals surface area contributed by atoms with E-state index < -0.39 is 25.6 Å². The lowest BCUT2D eigenvalue weighted by molar-refractivity contribution is -0.138. The maximum absolute atomic E-state index is 13.6. The molecule has 13 heteroatoms. The first-order valence-electron chi connectivity index (χ1n) is 17.2. The zero-order valence-electron chi connectivity index (χ0n) is 30.4. The topological polar surface area (TPSA) is 136 Å². The van der Waals surface area contributed by atoms with E-state index in [4.69, 9.17) is 28.8 Å². The summed E-state index contributed by atoms with van der Waals surface area (Å²) < 4.78 is 28.2. The van der Waals surface area contributed by atoms with Crippen LogP contribution in [-0.2, 0) is 34.1 Å². The Balaban J connectivity index is 1.24. The zero-order chi connectivity index (χ0) is 36.8. The number of amides is 1. The first kappa shape index (κ1) is 38.0. The van der Waals surface area contributed by atoms with Crippen molar-refractivity contribution in [1.82, 2.24) is 5.32 Å². The van der Waals surface area contributed by atoms with Gasteiger partial charge in [-0.25, -0.2) is 4.79 Å². The Bertz CT molecular complexity index is 1680. The number of anilines is 2. The van der Waals surface area contributed by atoms with Crippen LogP contribution in [0.5, 0.6) is 0 Å². The molecule has 2 N–H and O–H groups in total. The highest BCUT2D eigenvalue weighted by molar-refractivity contribution is 7.01. The third kappa shape index (κ3) is 8.13. The summed E-state index contributed by atoms with van der Waals surface area (Å²) in [5.74, 6) is -1.57. The van der Waals surface area contributed by atoms with E-state index in [9.17, 15) is 14.4 Å². The number of carboxylic acid groups (broad SMARTS) is 1. The number of nitrogens with one attached hydrogen (secondary N) is 1. The van der Waals surface area contributed by atoms with Crippen LogP contribution in [0.1, 0.15) is 43.8 Å². The van der Waals surface area contributed by atoms with Gasteiger partial charge in [0, 0.05) is 68.4 Å². The van der Waals surface area contributed by atoms with Gasteiger partial charge in [-0.1, -0.05) is 25.2 Å². The summed E-state index contributed by atoms with van der Waals surface area (Å²) in [5, 5.41) is 13.9. The van der Waals surface area contributed by atoms with Gasteiger partial charge in [0.1, 0.15) is 8.07 Å². The molecule has 2 aliphatic rings. The van der Waals surface area contributed by atoms with Crippen molar-refractivity contribution in [3.8, 4) is 0 Å². The van der Waals surface area contributed by atoms with E-state index in [1.54, 1.807) is 12.1 Å². The average molecular weight is 720 g/mol. The summed E-state index contributed by atoms with van der Waals surface area (Å²) >= 11 is 0. The van der Waals surface area contributed by atoms with E-state index in [1.165, 1.54) is 10.4 Å². The number of ether oxygens (including phenoxy) is 5. The van der Waals surface area contributed by atoms with Crippen LogP contribution in [0.15, 0.2) is 54.6 Å². The van der Waals surface area contributed by atoms with Crippen molar-refractivity contribution in [2.24, 2.45) is 0 Å². The second-order valence-corrected chi connectivity index (χ2v) is 17.9. The van der Waals surface area contributed by atoms with E-state index in [0.717, 1.165) is 22.5 Å². The summed E-state index contributed by atoms with van der Waals surface area (Å²) in [5.41, 5.74) is 4.42. The SMILES string of the molecule is CN(C)c1ccc2c(c1)[Si](C)(C)c1cc(N(C)C)ccc1C21OC(=O)c2ccc(C(=O)NCCOCCOCCOCCOCCC(=O)O)cc21.